The molecule has 1 N–H and O–H groups in total. The Morgan fingerprint density at radius 1 is 0.868 bits per heavy atom. The van der Waals surface area contributed by atoms with Gasteiger partial charge in [-0.1, -0.05) is 62.7 Å². The molecule has 9 nitrogen and oxygen atoms in total. The van der Waals surface area contributed by atoms with E-state index in [-0.39, 0.29) is 41.2 Å². The number of thiol groups is 1. The molecule has 4 rings (SSSR count). The van der Waals surface area contributed by atoms with E-state index in [2.05, 4.69) is 58.1 Å². The zero-order chi connectivity index (χ0) is 27.3. The Labute approximate surface area is 228 Å². The maximum absolute atomic E-state index is 13.3. The second-order valence-corrected chi connectivity index (χ2v) is 11.8. The molecule has 2 aromatic heterocycles. The normalized spacial score (nSPS) is 11.7. The summed E-state index contributed by atoms with van der Waals surface area (Å²) in [5.41, 5.74) is 3.09. The summed E-state index contributed by atoms with van der Waals surface area (Å²) in [5, 5.41) is 0. The van der Waals surface area contributed by atoms with Crippen LogP contribution in [0.25, 0.3) is 11.1 Å². The zero-order valence-electron chi connectivity index (χ0n) is 21.5. The van der Waals surface area contributed by atoms with Crippen molar-refractivity contribution in [3.63, 3.8) is 0 Å². The van der Waals surface area contributed by atoms with E-state index in [1.54, 1.807) is 12.1 Å². The van der Waals surface area contributed by atoms with Gasteiger partial charge in [-0.3, -0.25) is 4.72 Å². The first-order valence-electron chi connectivity index (χ1n) is 11.8. The summed E-state index contributed by atoms with van der Waals surface area (Å²) < 4.78 is 40.6. The lowest BCUT2D eigenvalue weighted by Gasteiger charge is -2.19. The molecule has 0 saturated carbocycles. The number of aryl methyl sites for hydroxylation is 1. The Balaban J connectivity index is 1.60. The maximum Gasteiger partial charge on any atom is 0.316 e. The minimum Gasteiger partial charge on any atom is -0.473 e. The fraction of sp³-hybridized carbons (Fsp3) is 0.259. The highest BCUT2D eigenvalue weighted by atomic mass is 32.2. The molecule has 2 aromatic carbocycles. The second-order valence-electron chi connectivity index (χ2n) is 9.57. The molecule has 0 aliphatic rings. The van der Waals surface area contributed by atoms with Gasteiger partial charge in [-0.25, -0.2) is 28.4 Å². The number of nitrogens with one attached hydrogen (secondary N) is 1. The van der Waals surface area contributed by atoms with Crippen LogP contribution in [0.15, 0.2) is 77.0 Å². The fourth-order valence-electron chi connectivity index (χ4n) is 3.51. The van der Waals surface area contributed by atoms with E-state index in [4.69, 9.17) is 9.47 Å². The van der Waals surface area contributed by atoms with Gasteiger partial charge in [0, 0.05) is 17.3 Å². The van der Waals surface area contributed by atoms with Gasteiger partial charge in [0.25, 0.3) is 10.0 Å². The molecule has 0 aliphatic heterocycles. The lowest BCUT2D eigenvalue weighted by molar-refractivity contribution is 0.201. The topological polar surface area (TPSA) is 116 Å². The predicted molar refractivity (Wildman–Crippen MR) is 148 cm³/mol. The van der Waals surface area contributed by atoms with E-state index in [0.717, 1.165) is 11.1 Å². The molecule has 0 spiro atoms. The van der Waals surface area contributed by atoms with Gasteiger partial charge in [0.2, 0.25) is 5.88 Å². The van der Waals surface area contributed by atoms with Gasteiger partial charge < -0.3 is 9.47 Å². The molecule has 0 atom stereocenters. The summed E-state index contributed by atoms with van der Waals surface area (Å²) in [7, 11) is -3.94. The largest absolute Gasteiger partial charge is 0.473 e. The Hall–Kier alpha value is -3.70. The lowest BCUT2D eigenvalue weighted by atomic mass is 9.87. The van der Waals surface area contributed by atoms with Crippen LogP contribution in [0.3, 0.4) is 0 Å². The van der Waals surface area contributed by atoms with Gasteiger partial charge in [0.1, 0.15) is 19.5 Å². The fourth-order valence-corrected chi connectivity index (χ4v) is 4.65. The summed E-state index contributed by atoms with van der Waals surface area (Å²) >= 11 is 4.15. The molecular formula is C27H29N5O4S2. The number of rotatable bonds is 9. The number of benzene rings is 2. The standard InChI is InChI=1S/C27H29N5O4S2/c1-18-5-7-19(8-6-18)23-24(32-38(33,34)22-11-9-20(10-12-22)27(2,3)4)30-17-31-25(23)35-13-14-36-26-28-15-21(37)16-29-26/h5-12,15-17,37H,13-14H2,1-4H3,(H,30,31,32). The third-order valence-corrected chi connectivity index (χ3v) is 7.17. The molecule has 0 aliphatic carbocycles. The van der Waals surface area contributed by atoms with Crippen LogP contribution in [0.1, 0.15) is 31.9 Å². The van der Waals surface area contributed by atoms with Crippen molar-refractivity contribution in [2.45, 2.75) is 42.9 Å². The molecule has 4 aromatic rings. The summed E-state index contributed by atoms with van der Waals surface area (Å²) in [5.74, 6) is 0.312. The van der Waals surface area contributed by atoms with E-state index in [0.29, 0.717) is 16.0 Å². The maximum atomic E-state index is 13.3. The molecule has 0 unspecified atom stereocenters. The number of sulfonamides is 1. The highest BCUT2D eigenvalue weighted by Crippen LogP contribution is 2.35. The molecule has 0 radical (unpaired) electrons. The SMILES string of the molecule is Cc1ccc(-c2c(NS(=O)(=O)c3ccc(C(C)(C)C)cc3)ncnc2OCCOc2ncc(S)cn2)cc1. The van der Waals surface area contributed by atoms with Crippen LogP contribution < -0.4 is 14.2 Å². The van der Waals surface area contributed by atoms with Gasteiger partial charge in [0.15, 0.2) is 5.82 Å². The van der Waals surface area contributed by atoms with E-state index >= 15 is 0 Å². The number of aromatic nitrogens is 4. The number of ether oxygens (including phenoxy) is 2. The van der Waals surface area contributed by atoms with Crippen molar-refractivity contribution in [3.8, 4) is 23.0 Å². The first kappa shape index (κ1) is 27.3. The van der Waals surface area contributed by atoms with Gasteiger partial charge >= 0.3 is 6.01 Å². The molecule has 0 bridgehead atoms. The smallest absolute Gasteiger partial charge is 0.316 e. The van der Waals surface area contributed by atoms with Gasteiger partial charge in [0.05, 0.1) is 10.5 Å². The molecule has 2 heterocycles. The minimum absolute atomic E-state index is 0.0981. The van der Waals surface area contributed by atoms with Crippen LogP contribution in [0, 0.1) is 6.92 Å². The molecule has 0 fully saturated rings. The third kappa shape index (κ3) is 6.78. The van der Waals surface area contributed by atoms with Crippen molar-refractivity contribution in [2.75, 3.05) is 17.9 Å². The molecule has 198 valence electrons. The number of anilines is 1. The van der Waals surface area contributed by atoms with Crippen molar-refractivity contribution in [1.29, 1.82) is 0 Å². The van der Waals surface area contributed by atoms with E-state index in [1.165, 1.54) is 18.7 Å². The van der Waals surface area contributed by atoms with Gasteiger partial charge in [-0.05, 0) is 35.6 Å². The summed E-state index contributed by atoms with van der Waals surface area (Å²) in [6.07, 6.45) is 4.31. The van der Waals surface area contributed by atoms with Crippen LogP contribution in [-0.4, -0.2) is 41.6 Å². The van der Waals surface area contributed by atoms with Crippen LogP contribution in [0.4, 0.5) is 5.82 Å². The quantitative estimate of drug-likeness (QED) is 0.218. The Kier molecular flexibility index (Phi) is 8.17. The third-order valence-electron chi connectivity index (χ3n) is 5.58. The monoisotopic (exact) mass is 551 g/mol. The van der Waals surface area contributed by atoms with Crippen molar-refractivity contribution in [2.24, 2.45) is 0 Å². The summed E-state index contributed by atoms with van der Waals surface area (Å²) in [6, 6.07) is 14.6. The van der Waals surface area contributed by atoms with Crippen LogP contribution in [0.5, 0.6) is 11.9 Å². The minimum atomic E-state index is -3.94. The van der Waals surface area contributed by atoms with E-state index in [9.17, 15) is 8.42 Å². The molecule has 0 saturated heterocycles. The average Bonchev–Trinajstić information content (AvgIpc) is 2.88. The zero-order valence-corrected chi connectivity index (χ0v) is 23.3. The Bertz CT molecular complexity index is 1490. The van der Waals surface area contributed by atoms with Crippen LogP contribution >= 0.6 is 12.6 Å². The van der Waals surface area contributed by atoms with Crippen molar-refractivity contribution < 1.29 is 17.9 Å². The number of hydrogen-bond donors (Lipinski definition) is 2. The van der Waals surface area contributed by atoms with Gasteiger partial charge in [-0.2, -0.15) is 0 Å². The average molecular weight is 552 g/mol. The molecular weight excluding hydrogens is 522 g/mol. The van der Waals surface area contributed by atoms with E-state index in [1.807, 2.05) is 43.3 Å². The highest BCUT2D eigenvalue weighted by molar-refractivity contribution is 7.92. The number of nitrogens with zero attached hydrogens (tertiary/aromatic N) is 4. The summed E-state index contributed by atoms with van der Waals surface area (Å²) in [4.78, 5) is 17.3. The Morgan fingerprint density at radius 2 is 1.50 bits per heavy atom. The first-order valence-corrected chi connectivity index (χ1v) is 13.8. The predicted octanol–water partition coefficient (Wildman–Crippen LogP) is 5.09. The van der Waals surface area contributed by atoms with Gasteiger partial charge in [-0.15, -0.1) is 12.6 Å². The van der Waals surface area contributed by atoms with Crippen molar-refractivity contribution in [1.82, 2.24) is 19.9 Å². The number of hydrogen-bond acceptors (Lipinski definition) is 9. The van der Waals surface area contributed by atoms with Crippen molar-refractivity contribution in [3.05, 3.63) is 78.4 Å². The van der Waals surface area contributed by atoms with Crippen molar-refractivity contribution >= 4 is 28.5 Å². The van der Waals surface area contributed by atoms with E-state index < -0.39 is 10.0 Å². The van der Waals surface area contributed by atoms with Crippen LogP contribution in [-0.2, 0) is 15.4 Å². The first-order chi connectivity index (χ1) is 18.0. The molecule has 11 heteroatoms. The van der Waals surface area contributed by atoms with Crippen LogP contribution in [0.2, 0.25) is 0 Å². The molecule has 38 heavy (non-hydrogen) atoms. The molecule has 0 amide bonds. The highest BCUT2D eigenvalue weighted by Gasteiger charge is 2.22. The lowest BCUT2D eigenvalue weighted by Crippen LogP contribution is -2.17. The second kappa shape index (κ2) is 11.4. The Morgan fingerprint density at radius 3 is 2.13 bits per heavy atom. The summed E-state index contributed by atoms with van der Waals surface area (Å²) in [6.45, 7) is 8.43.